The number of nitrogens with one attached hydrogen (secondary N) is 1. The third-order valence-corrected chi connectivity index (χ3v) is 3.74. The van der Waals surface area contributed by atoms with Gasteiger partial charge in [-0.3, -0.25) is 4.79 Å². The molecule has 3 rings (SSSR count). The zero-order valence-corrected chi connectivity index (χ0v) is 11.9. The van der Waals surface area contributed by atoms with Crippen LogP contribution in [0.1, 0.15) is 41.7 Å². The van der Waals surface area contributed by atoms with Gasteiger partial charge in [-0.25, -0.2) is 0 Å². The van der Waals surface area contributed by atoms with Crippen LogP contribution in [0.3, 0.4) is 0 Å². The summed E-state index contributed by atoms with van der Waals surface area (Å²) in [4.78, 5) is 12.2. The molecule has 1 amide bonds. The van der Waals surface area contributed by atoms with Crippen LogP contribution in [0.2, 0.25) is 0 Å². The molecule has 2 heterocycles. The van der Waals surface area contributed by atoms with Gasteiger partial charge >= 0.3 is 0 Å². The summed E-state index contributed by atoms with van der Waals surface area (Å²) in [5, 5.41) is 15.1. The van der Waals surface area contributed by atoms with Crippen molar-refractivity contribution in [3.05, 3.63) is 29.6 Å². The van der Waals surface area contributed by atoms with Crippen molar-refractivity contribution in [3.63, 3.8) is 0 Å². The van der Waals surface area contributed by atoms with Crippen LogP contribution < -0.4 is 11.1 Å². The van der Waals surface area contributed by atoms with E-state index in [2.05, 4.69) is 20.6 Å². The first-order chi connectivity index (χ1) is 10.1. The molecule has 0 saturated heterocycles. The number of rotatable bonds is 3. The van der Waals surface area contributed by atoms with Crippen LogP contribution in [-0.4, -0.2) is 31.9 Å². The van der Waals surface area contributed by atoms with E-state index in [0.29, 0.717) is 11.4 Å². The van der Waals surface area contributed by atoms with Gasteiger partial charge in [0.1, 0.15) is 11.4 Å². The largest absolute Gasteiger partial charge is 0.383 e. The minimum Gasteiger partial charge on any atom is -0.383 e. The maximum atomic E-state index is 12.2. The van der Waals surface area contributed by atoms with Crippen molar-refractivity contribution in [1.29, 1.82) is 0 Å². The molecule has 21 heavy (non-hydrogen) atoms. The smallest absolute Gasteiger partial charge is 0.256 e. The Morgan fingerprint density at radius 3 is 2.76 bits per heavy atom. The van der Waals surface area contributed by atoms with Gasteiger partial charge in [0.05, 0.1) is 11.9 Å². The van der Waals surface area contributed by atoms with Gasteiger partial charge in [-0.05, 0) is 31.9 Å². The Bertz CT molecular complexity index is 642. The number of carbonyl (C=O) groups excluding carboxylic acids is 1. The molecule has 1 fully saturated rings. The number of nitrogens with zero attached hydrogens (tertiary/aromatic N) is 4. The second-order valence-electron chi connectivity index (χ2n) is 5.34. The van der Waals surface area contributed by atoms with Gasteiger partial charge in [0, 0.05) is 6.04 Å². The summed E-state index contributed by atoms with van der Waals surface area (Å²) in [5.74, 6) is 0.604. The Labute approximate surface area is 122 Å². The number of hydrogen-bond acceptors (Lipinski definition) is 5. The Morgan fingerprint density at radius 2 is 2.10 bits per heavy atom. The number of anilines is 1. The average Bonchev–Trinajstić information content (AvgIpc) is 3.09. The molecule has 110 valence electrons. The second kappa shape index (κ2) is 5.51. The number of aromatic nitrogens is 4. The van der Waals surface area contributed by atoms with Crippen LogP contribution in [-0.2, 0) is 0 Å². The zero-order valence-electron chi connectivity index (χ0n) is 11.9. The first-order valence-electron chi connectivity index (χ1n) is 7.10. The monoisotopic (exact) mass is 286 g/mol. The molecule has 3 N–H and O–H groups in total. The van der Waals surface area contributed by atoms with E-state index in [1.54, 1.807) is 6.07 Å². The average molecular weight is 286 g/mol. The highest BCUT2D eigenvalue weighted by molar-refractivity contribution is 5.98. The molecule has 2 aromatic heterocycles. The van der Waals surface area contributed by atoms with Gasteiger partial charge in [0.15, 0.2) is 5.82 Å². The van der Waals surface area contributed by atoms with E-state index in [4.69, 9.17) is 5.73 Å². The molecule has 0 unspecified atom stereocenters. The molecule has 1 aliphatic carbocycles. The van der Waals surface area contributed by atoms with Crippen LogP contribution in [0.15, 0.2) is 18.3 Å². The number of nitrogen functional groups attached to an aromatic ring is 1. The second-order valence-corrected chi connectivity index (χ2v) is 5.34. The normalized spacial score (nSPS) is 15.3. The lowest BCUT2D eigenvalue weighted by Gasteiger charge is -2.11. The lowest BCUT2D eigenvalue weighted by atomic mass is 10.2. The first kappa shape index (κ1) is 13.5. The molecule has 1 saturated carbocycles. The maximum absolute atomic E-state index is 12.2. The number of amides is 1. The van der Waals surface area contributed by atoms with Crippen molar-refractivity contribution in [2.24, 2.45) is 0 Å². The quantitative estimate of drug-likeness (QED) is 0.884. The fourth-order valence-electron chi connectivity index (χ4n) is 2.55. The Balaban J connectivity index is 1.81. The van der Waals surface area contributed by atoms with E-state index in [1.807, 2.05) is 13.0 Å². The molecule has 0 radical (unpaired) electrons. The number of nitrogens with two attached hydrogens (primary N) is 1. The summed E-state index contributed by atoms with van der Waals surface area (Å²) in [7, 11) is 0. The predicted octanol–water partition coefficient (Wildman–Crippen LogP) is 1.23. The topological polar surface area (TPSA) is 98.7 Å². The van der Waals surface area contributed by atoms with Crippen LogP contribution in [0.5, 0.6) is 0 Å². The molecule has 2 aromatic rings. The van der Waals surface area contributed by atoms with Gasteiger partial charge in [0.25, 0.3) is 5.91 Å². The molecular formula is C14H18N6O. The van der Waals surface area contributed by atoms with Gasteiger partial charge in [0.2, 0.25) is 0 Å². The third kappa shape index (κ3) is 2.72. The summed E-state index contributed by atoms with van der Waals surface area (Å²) in [6.07, 6.45) is 5.87. The number of carbonyl (C=O) groups is 1. The molecule has 0 aliphatic heterocycles. The molecule has 1 aliphatic rings. The van der Waals surface area contributed by atoms with Crippen molar-refractivity contribution < 1.29 is 4.79 Å². The lowest BCUT2D eigenvalue weighted by molar-refractivity contribution is 0.0939. The van der Waals surface area contributed by atoms with Gasteiger partial charge in [-0.2, -0.15) is 14.9 Å². The molecule has 0 atom stereocenters. The number of aryl methyl sites for hydroxylation is 1. The molecule has 7 heteroatoms. The summed E-state index contributed by atoms with van der Waals surface area (Å²) in [6.45, 7) is 1.85. The van der Waals surface area contributed by atoms with E-state index in [9.17, 15) is 4.79 Å². The fraction of sp³-hybridized carbons (Fsp3) is 0.429. The minimum absolute atomic E-state index is 0.175. The van der Waals surface area contributed by atoms with Crippen molar-refractivity contribution in [2.45, 2.75) is 38.6 Å². The summed E-state index contributed by atoms with van der Waals surface area (Å²) >= 11 is 0. The molecule has 7 nitrogen and oxygen atoms in total. The van der Waals surface area contributed by atoms with Crippen molar-refractivity contribution in [1.82, 2.24) is 25.3 Å². The van der Waals surface area contributed by atoms with E-state index in [-0.39, 0.29) is 17.8 Å². The van der Waals surface area contributed by atoms with E-state index in [0.717, 1.165) is 18.5 Å². The van der Waals surface area contributed by atoms with Crippen molar-refractivity contribution in [2.75, 3.05) is 5.73 Å². The van der Waals surface area contributed by atoms with E-state index < -0.39 is 0 Å². The summed E-state index contributed by atoms with van der Waals surface area (Å²) < 4.78 is 1.43. The summed E-state index contributed by atoms with van der Waals surface area (Å²) in [6, 6.07) is 3.84. The highest BCUT2D eigenvalue weighted by Gasteiger charge is 2.21. The Kier molecular flexibility index (Phi) is 3.55. The molecule has 0 bridgehead atoms. The third-order valence-electron chi connectivity index (χ3n) is 3.74. The number of hydrogen-bond donors (Lipinski definition) is 2. The van der Waals surface area contributed by atoms with Crippen molar-refractivity contribution >= 4 is 11.7 Å². The fourth-order valence-corrected chi connectivity index (χ4v) is 2.55. The van der Waals surface area contributed by atoms with Gasteiger partial charge in [-0.1, -0.05) is 12.8 Å². The molecule has 0 spiro atoms. The maximum Gasteiger partial charge on any atom is 0.256 e. The van der Waals surface area contributed by atoms with Crippen molar-refractivity contribution in [3.8, 4) is 5.82 Å². The highest BCUT2D eigenvalue weighted by Crippen LogP contribution is 2.20. The minimum atomic E-state index is -0.175. The zero-order chi connectivity index (χ0) is 14.8. The van der Waals surface area contributed by atoms with Gasteiger partial charge in [-0.15, -0.1) is 5.10 Å². The van der Waals surface area contributed by atoms with E-state index in [1.165, 1.54) is 23.7 Å². The SMILES string of the molecule is Cc1ccc(-n2ncc(C(=O)NC3CCCC3)c2N)nn1. The first-order valence-corrected chi connectivity index (χ1v) is 7.10. The van der Waals surface area contributed by atoms with Crippen LogP contribution in [0.4, 0.5) is 5.82 Å². The van der Waals surface area contributed by atoms with Crippen LogP contribution in [0.25, 0.3) is 5.82 Å². The standard InChI is InChI=1S/C14H18N6O/c1-9-6-7-12(19-18-9)20-13(15)11(8-16-20)14(21)17-10-4-2-3-5-10/h6-8,10H,2-5,15H2,1H3,(H,17,21). The van der Waals surface area contributed by atoms with Crippen LogP contribution in [0, 0.1) is 6.92 Å². The lowest BCUT2D eigenvalue weighted by Crippen LogP contribution is -2.32. The highest BCUT2D eigenvalue weighted by atomic mass is 16.1. The summed E-state index contributed by atoms with van der Waals surface area (Å²) in [5.41, 5.74) is 7.21. The predicted molar refractivity (Wildman–Crippen MR) is 78.0 cm³/mol. The van der Waals surface area contributed by atoms with Crippen LogP contribution >= 0.6 is 0 Å². The molecule has 0 aromatic carbocycles. The van der Waals surface area contributed by atoms with E-state index >= 15 is 0 Å². The molecular weight excluding hydrogens is 268 g/mol. The van der Waals surface area contributed by atoms with Gasteiger partial charge < -0.3 is 11.1 Å². The Morgan fingerprint density at radius 1 is 1.33 bits per heavy atom. The Hall–Kier alpha value is -2.44.